The lowest BCUT2D eigenvalue weighted by Gasteiger charge is -2.14. The molecule has 0 aromatic heterocycles. The molecule has 18 heavy (non-hydrogen) atoms. The molecular weight excluding hydrogens is 226 g/mol. The van der Waals surface area contributed by atoms with Crippen LogP contribution in [0.4, 0.5) is 5.69 Å². The number of hydrogen-bond acceptors (Lipinski definition) is 2. The predicted molar refractivity (Wildman–Crippen MR) is 69.8 cm³/mol. The number of amides is 2. The van der Waals surface area contributed by atoms with Crippen LogP contribution in [0.15, 0.2) is 36.9 Å². The normalized spacial score (nSPS) is 18.8. The molecule has 0 saturated carbocycles. The zero-order chi connectivity index (χ0) is 13.1. The molecule has 0 N–H and O–H groups in total. The molecule has 1 aromatic rings. The van der Waals surface area contributed by atoms with Gasteiger partial charge in [-0.2, -0.15) is 0 Å². The number of imide groups is 1. The van der Waals surface area contributed by atoms with Crippen LogP contribution in [0, 0.1) is 18.3 Å². The van der Waals surface area contributed by atoms with E-state index in [-0.39, 0.29) is 24.2 Å². The number of nitrogens with zero attached hydrogens (tertiary/aromatic N) is 1. The molecule has 1 fully saturated rings. The highest BCUT2D eigenvalue weighted by Crippen LogP contribution is 2.28. The van der Waals surface area contributed by atoms with Gasteiger partial charge < -0.3 is 0 Å². The molecule has 1 aliphatic rings. The Balaban J connectivity index is 2.33. The van der Waals surface area contributed by atoms with Gasteiger partial charge >= 0.3 is 0 Å². The first-order chi connectivity index (χ1) is 8.67. The van der Waals surface area contributed by atoms with Crippen molar-refractivity contribution in [1.82, 2.24) is 0 Å². The SMILES string of the molecule is C#Cc1cccc(N2C(=O)C[C@@H](CC=C)C2=O)c1. The van der Waals surface area contributed by atoms with E-state index in [1.54, 1.807) is 30.3 Å². The summed E-state index contributed by atoms with van der Waals surface area (Å²) in [7, 11) is 0. The molecule has 3 nitrogen and oxygen atoms in total. The first kappa shape index (κ1) is 12.1. The van der Waals surface area contributed by atoms with E-state index < -0.39 is 0 Å². The van der Waals surface area contributed by atoms with Crippen molar-refractivity contribution >= 4 is 17.5 Å². The van der Waals surface area contributed by atoms with Crippen molar-refractivity contribution < 1.29 is 9.59 Å². The van der Waals surface area contributed by atoms with Crippen molar-refractivity contribution in [3.63, 3.8) is 0 Å². The van der Waals surface area contributed by atoms with Gasteiger partial charge in [0.25, 0.3) is 0 Å². The highest BCUT2D eigenvalue weighted by molar-refractivity contribution is 6.21. The average Bonchev–Trinajstić information content (AvgIpc) is 2.65. The minimum Gasteiger partial charge on any atom is -0.274 e. The van der Waals surface area contributed by atoms with E-state index in [1.165, 1.54) is 4.90 Å². The van der Waals surface area contributed by atoms with Gasteiger partial charge in [-0.3, -0.25) is 14.5 Å². The Labute approximate surface area is 106 Å². The lowest BCUT2D eigenvalue weighted by atomic mass is 10.0. The number of terminal acetylenes is 1. The lowest BCUT2D eigenvalue weighted by molar-refractivity contribution is -0.122. The Morgan fingerprint density at radius 1 is 1.50 bits per heavy atom. The van der Waals surface area contributed by atoms with E-state index in [9.17, 15) is 9.59 Å². The zero-order valence-corrected chi connectivity index (χ0v) is 9.93. The molecule has 0 bridgehead atoms. The van der Waals surface area contributed by atoms with Crippen LogP contribution in [-0.4, -0.2) is 11.8 Å². The van der Waals surface area contributed by atoms with Crippen LogP contribution in [0.5, 0.6) is 0 Å². The summed E-state index contributed by atoms with van der Waals surface area (Å²) >= 11 is 0. The molecule has 0 radical (unpaired) electrons. The van der Waals surface area contributed by atoms with Crippen molar-refractivity contribution in [2.24, 2.45) is 5.92 Å². The minimum atomic E-state index is -0.288. The number of rotatable bonds is 3. The Hall–Kier alpha value is -2.34. The summed E-state index contributed by atoms with van der Waals surface area (Å²) in [5.74, 6) is 1.85. The van der Waals surface area contributed by atoms with Crippen LogP contribution in [0.1, 0.15) is 18.4 Å². The van der Waals surface area contributed by atoms with Crippen molar-refractivity contribution in [3.05, 3.63) is 42.5 Å². The van der Waals surface area contributed by atoms with E-state index in [1.807, 2.05) is 0 Å². The van der Waals surface area contributed by atoms with Crippen LogP contribution in [0.2, 0.25) is 0 Å². The Bertz CT molecular complexity index is 554. The molecule has 3 heteroatoms. The van der Waals surface area contributed by atoms with E-state index in [4.69, 9.17) is 6.42 Å². The Morgan fingerprint density at radius 2 is 2.28 bits per heavy atom. The van der Waals surface area contributed by atoms with Crippen molar-refractivity contribution in [2.45, 2.75) is 12.8 Å². The third-order valence-electron chi connectivity index (χ3n) is 2.96. The van der Waals surface area contributed by atoms with Gasteiger partial charge in [-0.25, -0.2) is 0 Å². The van der Waals surface area contributed by atoms with Gasteiger partial charge in [0.15, 0.2) is 0 Å². The van der Waals surface area contributed by atoms with Crippen molar-refractivity contribution in [2.75, 3.05) is 4.90 Å². The van der Waals surface area contributed by atoms with E-state index in [0.717, 1.165) is 0 Å². The smallest absolute Gasteiger partial charge is 0.237 e. The molecule has 2 rings (SSSR count). The van der Waals surface area contributed by atoms with Crippen LogP contribution >= 0.6 is 0 Å². The lowest BCUT2D eigenvalue weighted by Crippen LogP contribution is -2.30. The fourth-order valence-corrected chi connectivity index (χ4v) is 2.09. The van der Waals surface area contributed by atoms with Gasteiger partial charge in [-0.05, 0) is 24.6 Å². The van der Waals surface area contributed by atoms with Gasteiger partial charge in [-0.1, -0.05) is 18.1 Å². The third-order valence-corrected chi connectivity index (χ3v) is 2.96. The van der Waals surface area contributed by atoms with Gasteiger partial charge in [0.2, 0.25) is 11.8 Å². The van der Waals surface area contributed by atoms with Crippen LogP contribution < -0.4 is 4.90 Å². The molecule has 1 aromatic carbocycles. The van der Waals surface area contributed by atoms with Gasteiger partial charge in [0.1, 0.15) is 0 Å². The zero-order valence-electron chi connectivity index (χ0n) is 9.93. The highest BCUT2D eigenvalue weighted by Gasteiger charge is 2.38. The molecule has 1 saturated heterocycles. The Morgan fingerprint density at radius 3 is 2.94 bits per heavy atom. The highest BCUT2D eigenvalue weighted by atomic mass is 16.2. The second-order valence-electron chi connectivity index (χ2n) is 4.19. The largest absolute Gasteiger partial charge is 0.274 e. The number of carbonyl (C=O) groups is 2. The second-order valence-corrected chi connectivity index (χ2v) is 4.19. The number of benzene rings is 1. The van der Waals surface area contributed by atoms with Crippen LogP contribution in [0.3, 0.4) is 0 Å². The van der Waals surface area contributed by atoms with E-state index >= 15 is 0 Å². The number of allylic oxidation sites excluding steroid dienone is 1. The van der Waals surface area contributed by atoms with Crippen LogP contribution in [0.25, 0.3) is 0 Å². The molecule has 1 aliphatic heterocycles. The second kappa shape index (κ2) is 4.89. The van der Waals surface area contributed by atoms with Crippen molar-refractivity contribution in [1.29, 1.82) is 0 Å². The summed E-state index contributed by atoms with van der Waals surface area (Å²) in [4.78, 5) is 25.2. The molecule has 90 valence electrons. The summed E-state index contributed by atoms with van der Waals surface area (Å²) in [5, 5.41) is 0. The van der Waals surface area contributed by atoms with E-state index in [2.05, 4.69) is 12.5 Å². The molecule has 2 amide bonds. The fraction of sp³-hybridized carbons (Fsp3) is 0.200. The third kappa shape index (κ3) is 2.05. The fourth-order valence-electron chi connectivity index (χ4n) is 2.09. The Kier molecular flexibility index (Phi) is 3.29. The van der Waals surface area contributed by atoms with Gasteiger partial charge in [0, 0.05) is 12.0 Å². The van der Waals surface area contributed by atoms with Crippen molar-refractivity contribution in [3.8, 4) is 12.3 Å². The topological polar surface area (TPSA) is 37.4 Å². The first-order valence-electron chi connectivity index (χ1n) is 5.71. The van der Waals surface area contributed by atoms with Gasteiger partial charge in [0.05, 0.1) is 11.6 Å². The van der Waals surface area contributed by atoms with Gasteiger partial charge in [-0.15, -0.1) is 13.0 Å². The predicted octanol–water partition coefficient (Wildman–Crippen LogP) is 2.12. The van der Waals surface area contributed by atoms with E-state index in [0.29, 0.717) is 17.7 Å². The number of carbonyl (C=O) groups excluding carboxylic acids is 2. The summed E-state index contributed by atoms with van der Waals surface area (Å²) < 4.78 is 0. The maximum atomic E-state index is 12.1. The number of anilines is 1. The summed E-state index contributed by atoms with van der Waals surface area (Å²) in [5.41, 5.74) is 1.20. The molecule has 0 unspecified atom stereocenters. The summed E-state index contributed by atoms with van der Waals surface area (Å²) in [6.07, 6.45) is 7.74. The quantitative estimate of drug-likeness (QED) is 0.460. The molecule has 0 aliphatic carbocycles. The molecule has 0 spiro atoms. The maximum absolute atomic E-state index is 12.1. The molecule has 1 heterocycles. The summed E-state index contributed by atoms with van der Waals surface area (Å²) in [6.45, 7) is 3.60. The average molecular weight is 239 g/mol. The maximum Gasteiger partial charge on any atom is 0.237 e. The van der Waals surface area contributed by atoms with Crippen LogP contribution in [-0.2, 0) is 9.59 Å². The number of hydrogen-bond donors (Lipinski definition) is 0. The minimum absolute atomic E-state index is 0.172. The first-order valence-corrected chi connectivity index (χ1v) is 5.71. The molecule has 1 atom stereocenters. The molecular formula is C15H13NO2. The standard InChI is InChI=1S/C15H13NO2/c1-3-6-12-10-14(17)16(15(12)18)13-8-5-7-11(4-2)9-13/h2-3,5,7-9,12H,1,6,10H2/t12-/m1/s1. The monoisotopic (exact) mass is 239 g/mol. The summed E-state index contributed by atoms with van der Waals surface area (Å²) in [6, 6.07) is 6.89.